The Morgan fingerprint density at radius 2 is 2.11 bits per heavy atom. The first-order valence-electron chi connectivity index (χ1n) is 6.84. The minimum Gasteiger partial charge on any atom is -0.455 e. The molecular formula is C15H20N2O. The van der Waals surface area contributed by atoms with Crippen LogP contribution in [-0.2, 0) is 4.74 Å². The Labute approximate surface area is 108 Å². The van der Waals surface area contributed by atoms with E-state index >= 15 is 0 Å². The van der Waals surface area contributed by atoms with Gasteiger partial charge in [-0.2, -0.15) is 0 Å². The minimum atomic E-state index is 0.110. The minimum absolute atomic E-state index is 0.110. The van der Waals surface area contributed by atoms with Gasteiger partial charge in [0.1, 0.15) is 6.10 Å². The van der Waals surface area contributed by atoms with Gasteiger partial charge in [0.25, 0.3) is 6.02 Å². The van der Waals surface area contributed by atoms with Gasteiger partial charge in [0.15, 0.2) is 0 Å². The Balaban J connectivity index is 1.64. The van der Waals surface area contributed by atoms with Crippen LogP contribution in [0.15, 0.2) is 35.3 Å². The van der Waals surface area contributed by atoms with Gasteiger partial charge < -0.3 is 9.64 Å². The first kappa shape index (κ1) is 11.6. The molecular weight excluding hydrogens is 224 g/mol. The van der Waals surface area contributed by atoms with Crippen molar-refractivity contribution in [2.45, 2.75) is 25.9 Å². The van der Waals surface area contributed by atoms with Crippen molar-refractivity contribution in [2.75, 3.05) is 19.6 Å². The summed E-state index contributed by atoms with van der Waals surface area (Å²) in [7, 11) is 0. The summed E-state index contributed by atoms with van der Waals surface area (Å²) in [5.74, 6) is 0.751. The monoisotopic (exact) mass is 244 g/mol. The molecule has 96 valence electrons. The molecule has 0 bridgehead atoms. The maximum Gasteiger partial charge on any atom is 0.288 e. The molecule has 2 heterocycles. The number of benzene rings is 1. The van der Waals surface area contributed by atoms with Crippen LogP contribution >= 0.6 is 0 Å². The second-order valence-corrected chi connectivity index (χ2v) is 5.33. The molecule has 3 heteroatoms. The summed E-state index contributed by atoms with van der Waals surface area (Å²) >= 11 is 0. The molecule has 2 aliphatic rings. The fourth-order valence-corrected chi connectivity index (χ4v) is 2.74. The van der Waals surface area contributed by atoms with E-state index in [0.29, 0.717) is 0 Å². The highest BCUT2D eigenvalue weighted by molar-refractivity contribution is 5.75. The molecule has 0 aromatic heterocycles. The van der Waals surface area contributed by atoms with Crippen LogP contribution in [0.5, 0.6) is 0 Å². The molecule has 1 aromatic carbocycles. The molecule has 18 heavy (non-hydrogen) atoms. The van der Waals surface area contributed by atoms with Crippen molar-refractivity contribution in [1.29, 1.82) is 0 Å². The normalized spacial score (nSPS) is 27.8. The summed E-state index contributed by atoms with van der Waals surface area (Å²) in [6, 6.07) is 11.2. The van der Waals surface area contributed by atoms with Crippen LogP contribution in [0.2, 0.25) is 0 Å². The number of aliphatic imine (C=N–C) groups is 1. The molecule has 0 aliphatic carbocycles. The molecule has 1 fully saturated rings. The fourth-order valence-electron chi connectivity index (χ4n) is 2.74. The second-order valence-electron chi connectivity index (χ2n) is 5.33. The first-order valence-corrected chi connectivity index (χ1v) is 6.84. The van der Waals surface area contributed by atoms with Crippen molar-refractivity contribution in [1.82, 2.24) is 4.90 Å². The lowest BCUT2D eigenvalue weighted by Crippen LogP contribution is -2.39. The first-order chi connectivity index (χ1) is 8.83. The van der Waals surface area contributed by atoms with Crippen LogP contribution in [0.25, 0.3) is 0 Å². The van der Waals surface area contributed by atoms with Gasteiger partial charge in [-0.15, -0.1) is 0 Å². The van der Waals surface area contributed by atoms with Crippen molar-refractivity contribution in [3.8, 4) is 0 Å². The third-order valence-corrected chi connectivity index (χ3v) is 3.74. The topological polar surface area (TPSA) is 24.8 Å². The standard InChI is InChI=1S/C15H20N2O/c1-12-6-5-9-17(11-12)15-16-10-14(18-15)13-7-3-2-4-8-13/h2-4,7-8,12,14H,5-6,9-11H2,1H3. The van der Waals surface area contributed by atoms with Crippen molar-refractivity contribution < 1.29 is 4.74 Å². The molecule has 2 atom stereocenters. The lowest BCUT2D eigenvalue weighted by Gasteiger charge is -2.31. The summed E-state index contributed by atoms with van der Waals surface area (Å²) in [5.41, 5.74) is 1.22. The fraction of sp³-hybridized carbons (Fsp3) is 0.533. The Hall–Kier alpha value is -1.51. The quantitative estimate of drug-likeness (QED) is 0.759. The SMILES string of the molecule is CC1CCCN(C2=NCC(c3ccccc3)O2)C1. The highest BCUT2D eigenvalue weighted by Crippen LogP contribution is 2.26. The summed E-state index contributed by atoms with van der Waals surface area (Å²) in [5, 5.41) is 0. The maximum absolute atomic E-state index is 6.01. The lowest BCUT2D eigenvalue weighted by molar-refractivity contribution is 0.162. The molecule has 1 aromatic rings. The smallest absolute Gasteiger partial charge is 0.288 e. The highest BCUT2D eigenvalue weighted by Gasteiger charge is 2.27. The van der Waals surface area contributed by atoms with E-state index in [1.165, 1.54) is 18.4 Å². The lowest BCUT2D eigenvalue weighted by atomic mass is 10.0. The molecule has 3 nitrogen and oxygen atoms in total. The highest BCUT2D eigenvalue weighted by atomic mass is 16.5. The third kappa shape index (κ3) is 2.35. The number of hydrogen-bond acceptors (Lipinski definition) is 3. The van der Waals surface area contributed by atoms with Gasteiger partial charge >= 0.3 is 0 Å². The molecule has 1 saturated heterocycles. The predicted octanol–water partition coefficient (Wildman–Crippen LogP) is 2.85. The summed E-state index contributed by atoms with van der Waals surface area (Å²) < 4.78 is 6.01. The second kappa shape index (κ2) is 5.01. The number of hydrogen-bond donors (Lipinski definition) is 0. The van der Waals surface area contributed by atoms with Gasteiger partial charge in [-0.25, -0.2) is 4.99 Å². The van der Waals surface area contributed by atoms with Gasteiger partial charge in [0.05, 0.1) is 6.54 Å². The van der Waals surface area contributed by atoms with Crippen molar-refractivity contribution >= 4 is 6.02 Å². The molecule has 0 saturated carbocycles. The van der Waals surface area contributed by atoms with E-state index in [-0.39, 0.29) is 6.10 Å². The van der Waals surface area contributed by atoms with Crippen LogP contribution in [0.4, 0.5) is 0 Å². The Bertz CT molecular complexity index is 429. The van der Waals surface area contributed by atoms with Crippen molar-refractivity contribution in [2.24, 2.45) is 10.9 Å². The van der Waals surface area contributed by atoms with Crippen LogP contribution in [0.3, 0.4) is 0 Å². The maximum atomic E-state index is 6.01. The van der Waals surface area contributed by atoms with E-state index < -0.39 is 0 Å². The van der Waals surface area contributed by atoms with E-state index in [4.69, 9.17) is 4.74 Å². The van der Waals surface area contributed by atoms with Gasteiger partial charge in [-0.1, -0.05) is 37.3 Å². The van der Waals surface area contributed by atoms with Gasteiger partial charge in [0.2, 0.25) is 0 Å². The van der Waals surface area contributed by atoms with E-state index in [2.05, 4.69) is 41.1 Å². The van der Waals surface area contributed by atoms with Crippen molar-refractivity contribution in [3.05, 3.63) is 35.9 Å². The third-order valence-electron chi connectivity index (χ3n) is 3.74. The number of piperidine rings is 1. The van der Waals surface area contributed by atoms with E-state index in [9.17, 15) is 0 Å². The average Bonchev–Trinajstić information content (AvgIpc) is 2.89. The number of likely N-dealkylation sites (tertiary alicyclic amines) is 1. The van der Waals surface area contributed by atoms with Gasteiger partial charge in [-0.3, -0.25) is 0 Å². The molecule has 2 aliphatic heterocycles. The zero-order valence-electron chi connectivity index (χ0n) is 10.9. The molecule has 0 spiro atoms. The number of ether oxygens (including phenoxy) is 1. The Morgan fingerprint density at radius 3 is 2.89 bits per heavy atom. The molecule has 0 amide bonds. The molecule has 3 rings (SSSR count). The Kier molecular flexibility index (Phi) is 3.22. The number of rotatable bonds is 1. The summed E-state index contributed by atoms with van der Waals surface area (Å²) in [6.45, 7) is 5.23. The van der Waals surface area contributed by atoms with E-state index in [1.54, 1.807) is 0 Å². The predicted molar refractivity (Wildman–Crippen MR) is 72.5 cm³/mol. The summed E-state index contributed by atoms with van der Waals surface area (Å²) in [6.07, 6.45) is 2.68. The zero-order valence-corrected chi connectivity index (χ0v) is 10.9. The molecule has 0 radical (unpaired) electrons. The number of amidine groups is 1. The van der Waals surface area contributed by atoms with Gasteiger partial charge in [-0.05, 0) is 24.3 Å². The van der Waals surface area contributed by atoms with Gasteiger partial charge in [0, 0.05) is 13.1 Å². The number of nitrogens with zero attached hydrogens (tertiary/aromatic N) is 2. The van der Waals surface area contributed by atoms with E-state index in [0.717, 1.165) is 31.6 Å². The van der Waals surface area contributed by atoms with E-state index in [1.807, 2.05) is 6.07 Å². The van der Waals surface area contributed by atoms with Crippen LogP contribution in [-0.4, -0.2) is 30.6 Å². The molecule has 2 unspecified atom stereocenters. The van der Waals surface area contributed by atoms with Crippen LogP contribution in [0, 0.1) is 5.92 Å². The summed E-state index contributed by atoms with van der Waals surface area (Å²) in [4.78, 5) is 6.87. The van der Waals surface area contributed by atoms with Crippen LogP contribution < -0.4 is 0 Å². The van der Waals surface area contributed by atoms with Crippen LogP contribution in [0.1, 0.15) is 31.4 Å². The average molecular weight is 244 g/mol. The largest absolute Gasteiger partial charge is 0.455 e. The zero-order chi connectivity index (χ0) is 12.4. The van der Waals surface area contributed by atoms with Crippen molar-refractivity contribution in [3.63, 3.8) is 0 Å². The molecule has 0 N–H and O–H groups in total. The Morgan fingerprint density at radius 1 is 1.28 bits per heavy atom.